The first kappa shape index (κ1) is 15.4. The number of imidazole rings is 2. The predicted octanol–water partition coefficient (Wildman–Crippen LogP) is 2.02. The van der Waals surface area contributed by atoms with Crippen molar-refractivity contribution < 1.29 is 4.39 Å². The van der Waals surface area contributed by atoms with Crippen molar-refractivity contribution in [3.8, 4) is 11.5 Å². The molecule has 5 rings (SSSR count). The van der Waals surface area contributed by atoms with E-state index >= 15 is 0 Å². The Kier molecular flexibility index (Phi) is 3.32. The van der Waals surface area contributed by atoms with Gasteiger partial charge in [-0.15, -0.1) is 0 Å². The number of aromatic amines is 1. The van der Waals surface area contributed by atoms with Gasteiger partial charge in [-0.2, -0.15) is 0 Å². The normalized spacial score (nSPS) is 11.4. The zero-order valence-corrected chi connectivity index (χ0v) is 13.9. The molecule has 1 N–H and O–H groups in total. The molecule has 0 unspecified atom stereocenters. The molecular weight excluding hydrogens is 349 g/mol. The van der Waals surface area contributed by atoms with E-state index in [1.807, 2.05) is 18.2 Å². The summed E-state index contributed by atoms with van der Waals surface area (Å²) in [6.07, 6.45) is 6.10. The van der Waals surface area contributed by atoms with Crippen LogP contribution in [0.4, 0.5) is 4.39 Å². The van der Waals surface area contributed by atoms with Gasteiger partial charge in [0.25, 0.3) is 0 Å². The minimum Gasteiger partial charge on any atom is -0.303 e. The van der Waals surface area contributed by atoms with Crippen molar-refractivity contribution in [1.29, 1.82) is 0 Å². The lowest BCUT2D eigenvalue weighted by Gasteiger charge is -2.04. The van der Waals surface area contributed by atoms with Crippen LogP contribution >= 0.6 is 0 Å². The average molecular weight is 361 g/mol. The van der Waals surface area contributed by atoms with Crippen LogP contribution in [0.3, 0.4) is 0 Å². The molecule has 0 saturated carbocycles. The Morgan fingerprint density at radius 2 is 2.00 bits per heavy atom. The van der Waals surface area contributed by atoms with E-state index in [-0.39, 0.29) is 12.2 Å². The van der Waals surface area contributed by atoms with Gasteiger partial charge in [-0.1, -0.05) is 6.07 Å². The summed E-state index contributed by atoms with van der Waals surface area (Å²) in [5, 5.41) is 0. The first-order valence-corrected chi connectivity index (χ1v) is 8.17. The van der Waals surface area contributed by atoms with E-state index in [2.05, 4.69) is 24.9 Å². The maximum absolute atomic E-state index is 13.6. The van der Waals surface area contributed by atoms with Crippen LogP contribution in [0.25, 0.3) is 28.3 Å². The molecule has 0 aliphatic rings. The second-order valence-electron chi connectivity index (χ2n) is 5.99. The van der Waals surface area contributed by atoms with Crippen molar-refractivity contribution >= 4 is 16.8 Å². The number of aromatic nitrogens is 7. The summed E-state index contributed by atoms with van der Waals surface area (Å²) in [4.78, 5) is 32.4. The van der Waals surface area contributed by atoms with Gasteiger partial charge < -0.3 is 4.98 Å². The number of nitrogens with zero attached hydrogens (tertiary/aromatic N) is 6. The second-order valence-corrected chi connectivity index (χ2v) is 5.99. The Bertz CT molecular complexity index is 1340. The molecule has 8 nitrogen and oxygen atoms in total. The topological polar surface area (TPSA) is 93.8 Å². The van der Waals surface area contributed by atoms with Crippen molar-refractivity contribution in [2.75, 3.05) is 0 Å². The van der Waals surface area contributed by atoms with Crippen LogP contribution in [0.1, 0.15) is 5.69 Å². The number of halogens is 1. The van der Waals surface area contributed by atoms with Crippen molar-refractivity contribution in [3.63, 3.8) is 0 Å². The summed E-state index contributed by atoms with van der Waals surface area (Å²) < 4.78 is 16.7. The SMILES string of the molecule is O=c1[nH]c2cnc(-c3cnc4ccc(F)cn34)nc2n1Cc1ccccn1. The van der Waals surface area contributed by atoms with Crippen molar-refractivity contribution in [1.82, 2.24) is 33.9 Å². The molecule has 0 amide bonds. The zero-order chi connectivity index (χ0) is 18.4. The molecule has 9 heteroatoms. The Hall–Kier alpha value is -3.88. The van der Waals surface area contributed by atoms with E-state index in [0.717, 1.165) is 5.69 Å². The summed E-state index contributed by atoms with van der Waals surface area (Å²) >= 11 is 0. The van der Waals surface area contributed by atoms with Crippen LogP contribution in [-0.4, -0.2) is 33.9 Å². The molecule has 0 fully saturated rings. The number of rotatable bonds is 3. The van der Waals surface area contributed by atoms with Gasteiger partial charge in [0.15, 0.2) is 11.5 Å². The molecule has 0 saturated heterocycles. The van der Waals surface area contributed by atoms with Gasteiger partial charge in [-0.05, 0) is 24.3 Å². The molecule has 132 valence electrons. The maximum Gasteiger partial charge on any atom is 0.328 e. The van der Waals surface area contributed by atoms with Crippen molar-refractivity contribution in [3.05, 3.63) is 77.1 Å². The van der Waals surface area contributed by atoms with Gasteiger partial charge in [0.2, 0.25) is 0 Å². The molecule has 5 aromatic heterocycles. The molecular formula is C18H12FN7O. The Balaban J connectivity index is 1.67. The molecule has 5 aromatic rings. The molecule has 0 spiro atoms. The monoisotopic (exact) mass is 361 g/mol. The number of H-pyrrole nitrogens is 1. The van der Waals surface area contributed by atoms with Gasteiger partial charge in [0.05, 0.1) is 24.6 Å². The molecule has 0 atom stereocenters. The number of pyridine rings is 2. The van der Waals surface area contributed by atoms with Crippen molar-refractivity contribution in [2.45, 2.75) is 6.54 Å². The van der Waals surface area contributed by atoms with Crippen LogP contribution in [0.2, 0.25) is 0 Å². The van der Waals surface area contributed by atoms with Crippen molar-refractivity contribution in [2.24, 2.45) is 0 Å². The summed E-state index contributed by atoms with van der Waals surface area (Å²) in [7, 11) is 0. The highest BCUT2D eigenvalue weighted by Crippen LogP contribution is 2.19. The number of hydrogen-bond donors (Lipinski definition) is 1. The van der Waals surface area contributed by atoms with Crippen LogP contribution in [0, 0.1) is 5.82 Å². The average Bonchev–Trinajstić information content (AvgIpc) is 3.23. The summed E-state index contributed by atoms with van der Waals surface area (Å²) in [5.74, 6) is -0.0501. The highest BCUT2D eigenvalue weighted by atomic mass is 19.1. The Morgan fingerprint density at radius 3 is 2.85 bits per heavy atom. The summed E-state index contributed by atoms with van der Waals surface area (Å²) in [6.45, 7) is 0.276. The molecule has 0 aromatic carbocycles. The van der Waals surface area contributed by atoms with E-state index in [1.165, 1.54) is 23.0 Å². The summed E-state index contributed by atoms with van der Waals surface area (Å²) in [5.41, 5.74) is 2.50. The lowest BCUT2D eigenvalue weighted by atomic mass is 10.3. The molecule has 0 aliphatic carbocycles. The minimum absolute atomic E-state index is 0.276. The van der Waals surface area contributed by atoms with Gasteiger partial charge in [0.1, 0.15) is 22.7 Å². The fourth-order valence-electron chi connectivity index (χ4n) is 2.99. The van der Waals surface area contributed by atoms with Crippen LogP contribution < -0.4 is 5.69 Å². The van der Waals surface area contributed by atoms with E-state index in [1.54, 1.807) is 22.9 Å². The van der Waals surface area contributed by atoms with Gasteiger partial charge in [-0.25, -0.2) is 24.1 Å². The first-order chi connectivity index (χ1) is 13.2. The third-order valence-electron chi connectivity index (χ3n) is 4.26. The fourth-order valence-corrected chi connectivity index (χ4v) is 2.99. The quantitative estimate of drug-likeness (QED) is 0.531. The fraction of sp³-hybridized carbons (Fsp3) is 0.0556. The molecule has 0 aliphatic heterocycles. The zero-order valence-electron chi connectivity index (χ0n) is 13.9. The van der Waals surface area contributed by atoms with Crippen LogP contribution in [0.15, 0.2) is 59.9 Å². The number of fused-ring (bicyclic) bond motifs is 2. The molecule has 0 radical (unpaired) electrons. The highest BCUT2D eigenvalue weighted by molar-refractivity contribution is 5.72. The highest BCUT2D eigenvalue weighted by Gasteiger charge is 2.14. The number of hydrogen-bond acceptors (Lipinski definition) is 5. The van der Waals surface area contributed by atoms with Crippen LogP contribution in [0.5, 0.6) is 0 Å². The maximum atomic E-state index is 13.6. The van der Waals surface area contributed by atoms with E-state index in [0.29, 0.717) is 28.3 Å². The lowest BCUT2D eigenvalue weighted by molar-refractivity contribution is 0.619. The Morgan fingerprint density at radius 1 is 1.07 bits per heavy atom. The van der Waals surface area contributed by atoms with Gasteiger partial charge >= 0.3 is 5.69 Å². The third kappa shape index (κ3) is 2.56. The number of nitrogens with one attached hydrogen (secondary N) is 1. The smallest absolute Gasteiger partial charge is 0.303 e. The van der Waals surface area contributed by atoms with E-state index in [4.69, 9.17) is 0 Å². The summed E-state index contributed by atoms with van der Waals surface area (Å²) in [6, 6.07) is 8.42. The van der Waals surface area contributed by atoms with Gasteiger partial charge in [0, 0.05) is 12.4 Å². The third-order valence-corrected chi connectivity index (χ3v) is 4.26. The van der Waals surface area contributed by atoms with E-state index < -0.39 is 5.82 Å². The molecule has 27 heavy (non-hydrogen) atoms. The van der Waals surface area contributed by atoms with E-state index in [9.17, 15) is 9.18 Å². The Labute approximate surface area is 151 Å². The largest absolute Gasteiger partial charge is 0.328 e. The lowest BCUT2D eigenvalue weighted by Crippen LogP contribution is -2.18. The molecule has 5 heterocycles. The minimum atomic E-state index is -0.392. The molecule has 0 bridgehead atoms. The first-order valence-electron chi connectivity index (χ1n) is 8.17. The second kappa shape index (κ2) is 5.84. The predicted molar refractivity (Wildman–Crippen MR) is 95.6 cm³/mol. The van der Waals surface area contributed by atoms with Gasteiger partial charge in [-0.3, -0.25) is 14.0 Å². The standard InChI is InChI=1S/C18H12FN7O/c19-11-4-5-15-21-8-14(25(15)9-11)16-22-7-13-17(24-16)26(18(27)23-13)10-12-3-1-2-6-20-12/h1-9H,10H2,(H,23,27). The van der Waals surface area contributed by atoms with Crippen LogP contribution in [-0.2, 0) is 6.54 Å².